The lowest BCUT2D eigenvalue weighted by molar-refractivity contribution is -0.146. The summed E-state index contributed by atoms with van der Waals surface area (Å²) < 4.78 is 18.1. The summed E-state index contributed by atoms with van der Waals surface area (Å²) in [7, 11) is -2.01. The molecule has 5 heteroatoms. The van der Waals surface area contributed by atoms with Crippen LogP contribution in [-0.2, 0) is 13.9 Å². The van der Waals surface area contributed by atoms with Crippen LogP contribution in [0.3, 0.4) is 0 Å². The molecule has 0 unspecified atom stereocenters. The quantitative estimate of drug-likeness (QED) is 0.637. The molecule has 1 aliphatic heterocycles. The van der Waals surface area contributed by atoms with E-state index in [9.17, 15) is 0 Å². The predicted octanol–water partition coefficient (Wildman–Crippen LogP) is 3.08. The van der Waals surface area contributed by atoms with E-state index < -0.39 is 14.1 Å². The molecular weight excluding hydrogens is 296 g/mol. The van der Waals surface area contributed by atoms with Crippen molar-refractivity contribution >= 4 is 8.32 Å². The molecule has 22 heavy (non-hydrogen) atoms. The van der Waals surface area contributed by atoms with Gasteiger partial charge in [-0.25, -0.2) is 0 Å². The van der Waals surface area contributed by atoms with Gasteiger partial charge in [-0.1, -0.05) is 39.2 Å². The molecular formula is C17H30O4Si. The average molecular weight is 327 g/mol. The summed E-state index contributed by atoms with van der Waals surface area (Å²) in [5.74, 6) is 4.90. The Labute approximate surface area is 136 Å². The molecule has 1 aliphatic rings. The fraction of sp³-hybridized carbons (Fsp3) is 0.765. The highest BCUT2D eigenvalue weighted by Crippen LogP contribution is 2.39. The fourth-order valence-corrected chi connectivity index (χ4v) is 3.24. The van der Waals surface area contributed by atoms with Gasteiger partial charge in [-0.2, -0.15) is 0 Å². The Morgan fingerprint density at radius 1 is 1.45 bits per heavy atom. The second-order valence-corrected chi connectivity index (χ2v) is 12.4. The van der Waals surface area contributed by atoms with E-state index in [-0.39, 0.29) is 23.9 Å². The molecule has 2 atom stereocenters. The van der Waals surface area contributed by atoms with E-state index in [2.05, 4.69) is 52.3 Å². The largest absolute Gasteiger partial charge is 0.407 e. The van der Waals surface area contributed by atoms with E-state index >= 15 is 0 Å². The highest BCUT2D eigenvalue weighted by atomic mass is 28.4. The average Bonchev–Trinajstić information content (AvgIpc) is 2.72. The van der Waals surface area contributed by atoms with Crippen molar-refractivity contribution in [2.24, 2.45) is 0 Å². The predicted molar refractivity (Wildman–Crippen MR) is 91.0 cm³/mol. The molecule has 126 valence electrons. The molecule has 0 aromatic rings. The van der Waals surface area contributed by atoms with E-state index in [0.29, 0.717) is 12.2 Å². The summed E-state index contributed by atoms with van der Waals surface area (Å²) >= 11 is 0. The molecule has 0 radical (unpaired) electrons. The zero-order valence-corrected chi connectivity index (χ0v) is 15.9. The second kappa shape index (κ2) is 6.86. The first-order valence-corrected chi connectivity index (χ1v) is 10.6. The van der Waals surface area contributed by atoms with Gasteiger partial charge >= 0.3 is 0 Å². The van der Waals surface area contributed by atoms with Crippen LogP contribution in [0.4, 0.5) is 0 Å². The summed E-state index contributed by atoms with van der Waals surface area (Å²) in [6.07, 6.45) is -0.577. The Kier molecular flexibility index (Phi) is 6.05. The van der Waals surface area contributed by atoms with Crippen molar-refractivity contribution in [3.05, 3.63) is 12.2 Å². The van der Waals surface area contributed by atoms with Crippen LogP contribution in [0.1, 0.15) is 34.6 Å². The van der Waals surface area contributed by atoms with Crippen molar-refractivity contribution in [3.63, 3.8) is 0 Å². The second-order valence-electron chi connectivity index (χ2n) is 7.65. The first kappa shape index (κ1) is 19.4. The number of aliphatic hydroxyl groups excluding tert-OH is 1. The monoisotopic (exact) mass is 326 g/mol. The minimum Gasteiger partial charge on any atom is -0.407 e. The molecule has 0 spiro atoms. The number of rotatable bonds is 4. The van der Waals surface area contributed by atoms with Crippen LogP contribution in [0, 0.1) is 11.8 Å². The Hall–Kier alpha value is -0.643. The van der Waals surface area contributed by atoms with Crippen molar-refractivity contribution in [2.45, 2.75) is 70.7 Å². The lowest BCUT2D eigenvalue weighted by atomic mass is 10.1. The van der Waals surface area contributed by atoms with Crippen LogP contribution in [0.25, 0.3) is 0 Å². The van der Waals surface area contributed by atoms with E-state index in [1.54, 1.807) is 0 Å². The molecule has 0 amide bonds. The summed E-state index contributed by atoms with van der Waals surface area (Å²) in [5.41, 5.74) is 0.630. The number of hydrogen-bond acceptors (Lipinski definition) is 4. The standard InChI is InChI=1S/C17H30O4Si/c1-13(10-9-11-18)15(14-12-19-17(5,6)20-14)21-22(7,8)16(2,3)4/h14-15,18H,1,11-12H2,2-8H3/t14-,15+/m1/s1. The van der Waals surface area contributed by atoms with Gasteiger partial charge in [0.15, 0.2) is 14.1 Å². The summed E-state index contributed by atoms with van der Waals surface area (Å²) in [4.78, 5) is 0. The van der Waals surface area contributed by atoms with Gasteiger partial charge in [-0.3, -0.25) is 0 Å². The third-order valence-corrected chi connectivity index (χ3v) is 8.72. The van der Waals surface area contributed by atoms with E-state index in [0.717, 1.165) is 0 Å². The van der Waals surface area contributed by atoms with E-state index in [1.807, 2.05) is 13.8 Å². The molecule has 0 bridgehead atoms. The fourth-order valence-electron chi connectivity index (χ4n) is 1.95. The minimum atomic E-state index is -2.01. The van der Waals surface area contributed by atoms with Crippen LogP contribution in [0.2, 0.25) is 18.1 Å². The third kappa shape index (κ3) is 4.93. The summed E-state index contributed by atoms with van der Waals surface area (Å²) in [5, 5.41) is 8.98. The van der Waals surface area contributed by atoms with Crippen LogP contribution in [0.15, 0.2) is 12.2 Å². The zero-order chi connectivity index (χ0) is 17.2. The van der Waals surface area contributed by atoms with Gasteiger partial charge in [0.25, 0.3) is 0 Å². The van der Waals surface area contributed by atoms with Crippen LogP contribution in [-0.4, -0.2) is 44.6 Å². The van der Waals surface area contributed by atoms with Gasteiger partial charge < -0.3 is 19.0 Å². The maximum atomic E-state index is 8.90. The van der Waals surface area contributed by atoms with Crippen molar-refractivity contribution in [1.82, 2.24) is 0 Å². The highest BCUT2D eigenvalue weighted by Gasteiger charge is 2.45. The van der Waals surface area contributed by atoms with Gasteiger partial charge in [0.2, 0.25) is 0 Å². The van der Waals surface area contributed by atoms with Crippen molar-refractivity contribution < 1.29 is 19.0 Å². The SMILES string of the molecule is C=C(C#CCO)[C@H](O[Si](C)(C)C(C)(C)C)[C@H]1COC(C)(C)O1. The number of aliphatic hydroxyl groups is 1. The Morgan fingerprint density at radius 2 is 2.05 bits per heavy atom. The van der Waals surface area contributed by atoms with Gasteiger partial charge in [0.1, 0.15) is 18.8 Å². The topological polar surface area (TPSA) is 47.9 Å². The van der Waals surface area contributed by atoms with E-state index in [1.165, 1.54) is 0 Å². The maximum absolute atomic E-state index is 8.90. The molecule has 0 aromatic carbocycles. The number of ether oxygens (including phenoxy) is 2. The number of hydrogen-bond donors (Lipinski definition) is 1. The molecule has 0 saturated carbocycles. The smallest absolute Gasteiger partial charge is 0.193 e. The van der Waals surface area contributed by atoms with Gasteiger partial charge in [0.05, 0.1) is 6.61 Å². The first-order chi connectivity index (χ1) is 9.89. The molecule has 1 heterocycles. The molecule has 4 nitrogen and oxygen atoms in total. The molecule has 1 saturated heterocycles. The van der Waals surface area contributed by atoms with Crippen LogP contribution >= 0.6 is 0 Å². The minimum absolute atomic E-state index is 0.0743. The summed E-state index contributed by atoms with van der Waals surface area (Å²) in [6, 6.07) is 0. The van der Waals surface area contributed by atoms with E-state index in [4.69, 9.17) is 19.0 Å². The Bertz CT molecular complexity index is 465. The van der Waals surface area contributed by atoms with Crippen molar-refractivity contribution in [2.75, 3.05) is 13.2 Å². The Balaban J connectivity index is 3.00. The van der Waals surface area contributed by atoms with Crippen LogP contribution < -0.4 is 0 Å². The summed E-state index contributed by atoms with van der Waals surface area (Å²) in [6.45, 7) is 19.0. The van der Waals surface area contributed by atoms with Crippen molar-refractivity contribution in [1.29, 1.82) is 0 Å². The van der Waals surface area contributed by atoms with Gasteiger partial charge in [-0.15, -0.1) is 0 Å². The molecule has 1 fully saturated rings. The lowest BCUT2D eigenvalue weighted by Crippen LogP contribution is -2.48. The van der Waals surface area contributed by atoms with Crippen molar-refractivity contribution in [3.8, 4) is 11.8 Å². The zero-order valence-electron chi connectivity index (χ0n) is 14.9. The maximum Gasteiger partial charge on any atom is 0.193 e. The lowest BCUT2D eigenvalue weighted by Gasteiger charge is -2.40. The third-order valence-electron chi connectivity index (χ3n) is 4.27. The molecule has 0 aromatic heterocycles. The van der Waals surface area contributed by atoms with Gasteiger partial charge in [-0.05, 0) is 32.0 Å². The first-order valence-electron chi connectivity index (χ1n) is 7.68. The van der Waals surface area contributed by atoms with Gasteiger partial charge in [0, 0.05) is 5.57 Å². The normalized spacial score (nSPS) is 22.8. The Morgan fingerprint density at radius 3 is 2.45 bits per heavy atom. The highest BCUT2D eigenvalue weighted by molar-refractivity contribution is 6.74. The molecule has 0 aliphatic carbocycles. The molecule has 1 rings (SSSR count). The molecule has 1 N–H and O–H groups in total. The van der Waals surface area contributed by atoms with Crippen LogP contribution in [0.5, 0.6) is 0 Å².